The molecule has 0 aliphatic heterocycles. The highest BCUT2D eigenvalue weighted by Crippen LogP contribution is 2.27. The molecule has 0 radical (unpaired) electrons. The zero-order valence-electron chi connectivity index (χ0n) is 13.9. The first-order valence-corrected chi connectivity index (χ1v) is 9.82. The smallest absolute Gasteiger partial charge is 0.157 e. The summed E-state index contributed by atoms with van der Waals surface area (Å²) in [5.74, 6) is 1.04. The fourth-order valence-corrected chi connectivity index (χ4v) is 3.79. The third kappa shape index (κ3) is 3.13. The van der Waals surface area contributed by atoms with Gasteiger partial charge in [0.2, 0.25) is 0 Å². The molecule has 1 aromatic carbocycles. The summed E-state index contributed by atoms with van der Waals surface area (Å²) < 4.78 is 1.91. The predicted octanol–water partition coefficient (Wildman–Crippen LogP) is 4.86. The highest BCUT2D eigenvalue weighted by atomic mass is 32.2. The van der Waals surface area contributed by atoms with Crippen molar-refractivity contribution in [1.29, 1.82) is 0 Å². The number of nitrogens with zero attached hydrogens (tertiary/aromatic N) is 3. The van der Waals surface area contributed by atoms with Crippen molar-refractivity contribution >= 4 is 23.2 Å². The maximum absolute atomic E-state index is 4.77. The van der Waals surface area contributed by atoms with Crippen molar-refractivity contribution in [3.8, 4) is 11.3 Å². The third-order valence-electron chi connectivity index (χ3n) is 4.70. The van der Waals surface area contributed by atoms with E-state index in [2.05, 4.69) is 47.0 Å². The molecule has 0 atom stereocenters. The standard InChI is InChI=1S/C19H22N4S/c1-24-16-9-7-14(8-10-16)17-13-19(21-15-5-3-2-4-6-15)23-18(22-17)11-12-20-23/h7-13,15,21H,2-6H2,1H3. The summed E-state index contributed by atoms with van der Waals surface area (Å²) in [5, 5.41) is 8.13. The van der Waals surface area contributed by atoms with Gasteiger partial charge in [-0.15, -0.1) is 11.8 Å². The van der Waals surface area contributed by atoms with Gasteiger partial charge in [-0.2, -0.15) is 9.61 Å². The van der Waals surface area contributed by atoms with Crippen LogP contribution in [-0.4, -0.2) is 26.9 Å². The first-order chi connectivity index (χ1) is 11.8. The topological polar surface area (TPSA) is 42.2 Å². The van der Waals surface area contributed by atoms with E-state index >= 15 is 0 Å². The van der Waals surface area contributed by atoms with Crippen LogP contribution in [0.1, 0.15) is 32.1 Å². The van der Waals surface area contributed by atoms with Gasteiger partial charge in [0.05, 0.1) is 11.9 Å². The van der Waals surface area contributed by atoms with Crippen LogP contribution in [0.4, 0.5) is 5.82 Å². The maximum Gasteiger partial charge on any atom is 0.157 e. The van der Waals surface area contributed by atoms with Gasteiger partial charge in [-0.25, -0.2) is 4.98 Å². The minimum absolute atomic E-state index is 0.542. The second kappa shape index (κ2) is 6.85. The minimum Gasteiger partial charge on any atom is -0.367 e. The van der Waals surface area contributed by atoms with Gasteiger partial charge in [0.25, 0.3) is 0 Å². The molecule has 4 nitrogen and oxygen atoms in total. The van der Waals surface area contributed by atoms with E-state index in [4.69, 9.17) is 4.98 Å². The molecule has 0 bridgehead atoms. The number of nitrogens with one attached hydrogen (secondary N) is 1. The Labute approximate surface area is 146 Å². The summed E-state index contributed by atoms with van der Waals surface area (Å²) in [7, 11) is 0. The molecule has 2 heterocycles. The molecule has 1 aliphatic rings. The number of rotatable bonds is 4. The highest BCUT2D eigenvalue weighted by molar-refractivity contribution is 7.98. The van der Waals surface area contributed by atoms with Crippen LogP contribution < -0.4 is 5.32 Å². The van der Waals surface area contributed by atoms with Crippen LogP contribution in [-0.2, 0) is 0 Å². The molecule has 0 amide bonds. The van der Waals surface area contributed by atoms with Crippen molar-refractivity contribution in [3.05, 3.63) is 42.6 Å². The lowest BCUT2D eigenvalue weighted by Crippen LogP contribution is -2.23. The molecule has 3 aromatic rings. The van der Waals surface area contributed by atoms with E-state index in [9.17, 15) is 0 Å². The Hall–Kier alpha value is -2.01. The Morgan fingerprint density at radius 1 is 1.08 bits per heavy atom. The van der Waals surface area contributed by atoms with E-state index in [1.807, 2.05) is 16.8 Å². The fraction of sp³-hybridized carbons (Fsp3) is 0.368. The van der Waals surface area contributed by atoms with E-state index in [0.717, 1.165) is 22.7 Å². The minimum atomic E-state index is 0.542. The number of hydrogen-bond donors (Lipinski definition) is 1. The van der Waals surface area contributed by atoms with Crippen LogP contribution in [0, 0.1) is 0 Å². The van der Waals surface area contributed by atoms with E-state index in [-0.39, 0.29) is 0 Å². The number of fused-ring (bicyclic) bond motifs is 1. The van der Waals surface area contributed by atoms with E-state index in [0.29, 0.717) is 6.04 Å². The van der Waals surface area contributed by atoms with Gasteiger partial charge in [0, 0.05) is 28.6 Å². The molecular formula is C19H22N4S. The monoisotopic (exact) mass is 338 g/mol. The summed E-state index contributed by atoms with van der Waals surface area (Å²) >= 11 is 1.76. The first-order valence-electron chi connectivity index (χ1n) is 8.59. The number of hydrogen-bond acceptors (Lipinski definition) is 4. The summed E-state index contributed by atoms with van der Waals surface area (Å²) in [6, 6.07) is 13.2. The van der Waals surface area contributed by atoms with Crippen LogP contribution in [0.2, 0.25) is 0 Å². The van der Waals surface area contributed by atoms with E-state index < -0.39 is 0 Å². The van der Waals surface area contributed by atoms with Crippen molar-refractivity contribution < 1.29 is 0 Å². The van der Waals surface area contributed by atoms with E-state index in [1.54, 1.807) is 11.8 Å². The molecule has 1 N–H and O–H groups in total. The second-order valence-electron chi connectivity index (χ2n) is 6.34. The average molecular weight is 338 g/mol. The van der Waals surface area contributed by atoms with Crippen LogP contribution in [0.25, 0.3) is 16.9 Å². The van der Waals surface area contributed by atoms with Gasteiger partial charge in [-0.3, -0.25) is 0 Å². The number of aromatic nitrogens is 3. The molecule has 124 valence electrons. The van der Waals surface area contributed by atoms with Gasteiger partial charge < -0.3 is 5.32 Å². The second-order valence-corrected chi connectivity index (χ2v) is 7.22. The number of benzene rings is 1. The molecule has 0 unspecified atom stereocenters. The lowest BCUT2D eigenvalue weighted by molar-refractivity contribution is 0.461. The molecule has 1 fully saturated rings. The van der Waals surface area contributed by atoms with Crippen LogP contribution in [0.5, 0.6) is 0 Å². The van der Waals surface area contributed by atoms with Crippen molar-refractivity contribution in [1.82, 2.24) is 14.6 Å². The van der Waals surface area contributed by atoms with Crippen LogP contribution >= 0.6 is 11.8 Å². The quantitative estimate of drug-likeness (QED) is 0.690. The van der Waals surface area contributed by atoms with Gasteiger partial charge >= 0.3 is 0 Å². The Bertz CT molecular complexity index is 819. The molecule has 0 spiro atoms. The lowest BCUT2D eigenvalue weighted by Gasteiger charge is -2.24. The zero-order valence-corrected chi connectivity index (χ0v) is 14.7. The Kier molecular flexibility index (Phi) is 4.43. The van der Waals surface area contributed by atoms with Gasteiger partial charge in [-0.05, 0) is 31.2 Å². The summed E-state index contributed by atoms with van der Waals surface area (Å²) in [4.78, 5) is 6.04. The molecule has 1 aliphatic carbocycles. The maximum atomic E-state index is 4.77. The largest absolute Gasteiger partial charge is 0.367 e. The molecular weight excluding hydrogens is 316 g/mol. The predicted molar refractivity (Wildman–Crippen MR) is 101 cm³/mol. The van der Waals surface area contributed by atoms with Crippen LogP contribution in [0.15, 0.2) is 47.5 Å². The van der Waals surface area contributed by atoms with Crippen molar-refractivity contribution in [2.45, 2.75) is 43.0 Å². The fourth-order valence-electron chi connectivity index (χ4n) is 3.38. The van der Waals surface area contributed by atoms with Crippen LogP contribution in [0.3, 0.4) is 0 Å². The number of anilines is 1. The Morgan fingerprint density at radius 3 is 2.62 bits per heavy atom. The van der Waals surface area contributed by atoms with E-state index in [1.165, 1.54) is 37.0 Å². The van der Waals surface area contributed by atoms with Gasteiger partial charge in [0.1, 0.15) is 5.82 Å². The normalized spacial score (nSPS) is 15.7. The first kappa shape index (κ1) is 15.5. The highest BCUT2D eigenvalue weighted by Gasteiger charge is 2.16. The number of thioether (sulfide) groups is 1. The Morgan fingerprint density at radius 2 is 1.88 bits per heavy atom. The van der Waals surface area contributed by atoms with Gasteiger partial charge in [-0.1, -0.05) is 31.4 Å². The molecule has 2 aromatic heterocycles. The molecule has 5 heteroatoms. The van der Waals surface area contributed by atoms with Crippen molar-refractivity contribution in [2.75, 3.05) is 11.6 Å². The van der Waals surface area contributed by atoms with Crippen molar-refractivity contribution in [3.63, 3.8) is 0 Å². The molecule has 0 saturated heterocycles. The van der Waals surface area contributed by atoms with Crippen molar-refractivity contribution in [2.24, 2.45) is 0 Å². The zero-order chi connectivity index (χ0) is 16.4. The van der Waals surface area contributed by atoms with Gasteiger partial charge in [0.15, 0.2) is 5.65 Å². The molecule has 1 saturated carbocycles. The summed E-state index contributed by atoms with van der Waals surface area (Å²) in [6.07, 6.45) is 10.4. The summed E-state index contributed by atoms with van der Waals surface area (Å²) in [5.41, 5.74) is 3.02. The molecule has 4 rings (SSSR count). The Balaban J connectivity index is 1.70. The lowest BCUT2D eigenvalue weighted by atomic mass is 9.95. The summed E-state index contributed by atoms with van der Waals surface area (Å²) in [6.45, 7) is 0. The third-order valence-corrected chi connectivity index (χ3v) is 5.45. The average Bonchev–Trinajstić information content (AvgIpc) is 3.11. The SMILES string of the molecule is CSc1ccc(-c2cc(NC3CCCCC3)n3nccc3n2)cc1. The molecule has 24 heavy (non-hydrogen) atoms.